The quantitative estimate of drug-likeness (QED) is 0.924. The summed E-state index contributed by atoms with van der Waals surface area (Å²) in [4.78, 5) is 27.0. The highest BCUT2D eigenvalue weighted by Gasteiger charge is 2.29. The minimum absolute atomic E-state index is 0.0103. The van der Waals surface area contributed by atoms with Gasteiger partial charge < -0.3 is 15.0 Å². The van der Waals surface area contributed by atoms with E-state index in [1.165, 1.54) is 5.56 Å². The van der Waals surface area contributed by atoms with E-state index >= 15 is 0 Å². The highest BCUT2D eigenvalue weighted by atomic mass is 16.5. The Labute approximate surface area is 153 Å². The van der Waals surface area contributed by atoms with Crippen LogP contribution in [0.1, 0.15) is 29.2 Å². The van der Waals surface area contributed by atoms with Crippen molar-refractivity contribution in [3.05, 3.63) is 65.2 Å². The number of nitrogens with one attached hydrogen (secondary N) is 1. The van der Waals surface area contributed by atoms with E-state index in [0.717, 1.165) is 23.3 Å². The smallest absolute Gasteiger partial charge is 0.227 e. The van der Waals surface area contributed by atoms with Gasteiger partial charge in [-0.3, -0.25) is 9.59 Å². The summed E-state index contributed by atoms with van der Waals surface area (Å²) < 4.78 is 5.54. The van der Waals surface area contributed by atoms with Crippen molar-refractivity contribution < 1.29 is 14.3 Å². The molecule has 1 unspecified atom stereocenters. The Balaban J connectivity index is 1.56. The fraction of sp³-hybridized carbons (Fsp3) is 0.333. The molecule has 4 rings (SSSR count). The second kappa shape index (κ2) is 7.20. The van der Waals surface area contributed by atoms with Gasteiger partial charge in [0, 0.05) is 19.5 Å². The summed E-state index contributed by atoms with van der Waals surface area (Å²) in [6, 6.07) is 15.6. The van der Waals surface area contributed by atoms with Gasteiger partial charge in [0.2, 0.25) is 11.8 Å². The van der Waals surface area contributed by atoms with Crippen LogP contribution in [0.5, 0.6) is 5.75 Å². The fourth-order valence-corrected chi connectivity index (χ4v) is 3.73. The lowest BCUT2D eigenvalue weighted by molar-refractivity contribution is -0.133. The third kappa shape index (κ3) is 3.43. The van der Waals surface area contributed by atoms with Crippen LogP contribution in [0.15, 0.2) is 48.5 Å². The average Bonchev–Trinajstić information content (AvgIpc) is 3.03. The number of hydrogen-bond acceptors (Lipinski definition) is 3. The first-order chi connectivity index (χ1) is 12.7. The van der Waals surface area contributed by atoms with E-state index in [9.17, 15) is 9.59 Å². The van der Waals surface area contributed by atoms with Crippen LogP contribution in [0.2, 0.25) is 0 Å². The Hall–Kier alpha value is -2.82. The van der Waals surface area contributed by atoms with Crippen LogP contribution in [0.3, 0.4) is 0 Å². The fourth-order valence-electron chi connectivity index (χ4n) is 3.73. The third-order valence-electron chi connectivity index (χ3n) is 5.04. The van der Waals surface area contributed by atoms with Gasteiger partial charge in [0.05, 0.1) is 25.5 Å². The van der Waals surface area contributed by atoms with Crippen molar-refractivity contribution in [2.75, 3.05) is 19.7 Å². The molecule has 2 aromatic carbocycles. The Morgan fingerprint density at radius 2 is 2.04 bits per heavy atom. The predicted molar refractivity (Wildman–Crippen MR) is 97.9 cm³/mol. The van der Waals surface area contributed by atoms with Crippen LogP contribution in [-0.2, 0) is 22.4 Å². The average molecular weight is 350 g/mol. The number of benzene rings is 2. The lowest BCUT2D eigenvalue weighted by Gasteiger charge is -2.29. The van der Waals surface area contributed by atoms with Gasteiger partial charge in [0.1, 0.15) is 5.75 Å². The molecule has 5 heteroatoms. The van der Waals surface area contributed by atoms with Crippen molar-refractivity contribution in [1.82, 2.24) is 10.2 Å². The van der Waals surface area contributed by atoms with Gasteiger partial charge in [-0.25, -0.2) is 0 Å². The van der Waals surface area contributed by atoms with Crippen LogP contribution in [0.4, 0.5) is 0 Å². The molecule has 0 aliphatic carbocycles. The van der Waals surface area contributed by atoms with Crippen molar-refractivity contribution in [3.63, 3.8) is 0 Å². The third-order valence-corrected chi connectivity index (χ3v) is 5.04. The zero-order chi connectivity index (χ0) is 17.9. The maximum atomic E-state index is 13.1. The van der Waals surface area contributed by atoms with Gasteiger partial charge in [0.25, 0.3) is 0 Å². The van der Waals surface area contributed by atoms with E-state index in [2.05, 4.69) is 11.4 Å². The molecule has 0 aromatic heterocycles. The maximum Gasteiger partial charge on any atom is 0.227 e. The summed E-state index contributed by atoms with van der Waals surface area (Å²) in [6.45, 7) is 1.73. The van der Waals surface area contributed by atoms with Crippen LogP contribution in [0, 0.1) is 0 Å². The molecule has 0 radical (unpaired) electrons. The van der Waals surface area contributed by atoms with E-state index in [4.69, 9.17) is 4.74 Å². The Morgan fingerprint density at radius 3 is 2.88 bits per heavy atom. The number of amides is 2. The van der Waals surface area contributed by atoms with Crippen molar-refractivity contribution >= 4 is 11.8 Å². The first-order valence-corrected chi connectivity index (χ1v) is 9.06. The summed E-state index contributed by atoms with van der Waals surface area (Å²) in [6.07, 6.45) is 1.53. The van der Waals surface area contributed by atoms with Crippen LogP contribution < -0.4 is 10.1 Å². The largest absolute Gasteiger partial charge is 0.493 e. The number of rotatable bonds is 3. The van der Waals surface area contributed by atoms with E-state index in [0.29, 0.717) is 32.5 Å². The molecule has 1 atom stereocenters. The van der Waals surface area contributed by atoms with Crippen molar-refractivity contribution in [2.45, 2.75) is 25.3 Å². The molecule has 1 N–H and O–H groups in total. The first-order valence-electron chi connectivity index (χ1n) is 9.06. The lowest BCUT2D eigenvalue weighted by Crippen LogP contribution is -2.37. The van der Waals surface area contributed by atoms with Crippen LogP contribution >= 0.6 is 0 Å². The summed E-state index contributed by atoms with van der Waals surface area (Å²) in [5.74, 6) is 0.964. The SMILES string of the molecule is O=C1CC(c2ccccc2)N(C(=O)Cc2ccc3c(c2)CCO3)CCN1. The molecule has 26 heavy (non-hydrogen) atoms. The van der Waals surface area contributed by atoms with Crippen LogP contribution in [-0.4, -0.2) is 36.4 Å². The summed E-state index contributed by atoms with van der Waals surface area (Å²) in [5.41, 5.74) is 3.16. The second-order valence-corrected chi connectivity index (χ2v) is 6.79. The Bertz CT molecular complexity index is 819. The number of carbonyl (C=O) groups is 2. The van der Waals surface area contributed by atoms with E-state index < -0.39 is 0 Å². The number of nitrogens with zero attached hydrogens (tertiary/aromatic N) is 1. The second-order valence-electron chi connectivity index (χ2n) is 6.79. The molecule has 2 heterocycles. The standard InChI is InChI=1S/C21H22N2O3/c24-20-14-18(16-4-2-1-3-5-16)23(10-9-22-20)21(25)13-15-6-7-19-17(12-15)8-11-26-19/h1-7,12,18H,8-11,13-14H2,(H,22,24). The van der Waals surface area contributed by atoms with Gasteiger partial charge >= 0.3 is 0 Å². The van der Waals surface area contributed by atoms with Gasteiger partial charge in [-0.15, -0.1) is 0 Å². The van der Waals surface area contributed by atoms with E-state index in [-0.39, 0.29) is 17.9 Å². The first kappa shape index (κ1) is 16.6. The number of carbonyl (C=O) groups excluding carboxylic acids is 2. The molecular formula is C21H22N2O3. The normalized spacial score (nSPS) is 19.3. The van der Waals surface area contributed by atoms with Crippen molar-refractivity contribution in [3.8, 4) is 5.75 Å². The predicted octanol–water partition coefficient (Wildman–Crippen LogP) is 2.25. The molecule has 2 amide bonds. The number of hydrogen-bond donors (Lipinski definition) is 1. The zero-order valence-electron chi connectivity index (χ0n) is 14.6. The topological polar surface area (TPSA) is 58.6 Å². The monoisotopic (exact) mass is 350 g/mol. The molecule has 2 aliphatic rings. The zero-order valence-corrected chi connectivity index (χ0v) is 14.6. The van der Waals surface area contributed by atoms with Gasteiger partial charge in [-0.05, 0) is 22.8 Å². The maximum absolute atomic E-state index is 13.1. The molecule has 1 fully saturated rings. The number of ether oxygens (including phenoxy) is 1. The van der Waals surface area contributed by atoms with Gasteiger partial charge in [-0.2, -0.15) is 0 Å². The van der Waals surface area contributed by atoms with Gasteiger partial charge in [-0.1, -0.05) is 42.5 Å². The highest BCUT2D eigenvalue weighted by molar-refractivity contribution is 5.82. The van der Waals surface area contributed by atoms with E-state index in [1.54, 1.807) is 0 Å². The molecule has 0 spiro atoms. The minimum atomic E-state index is -0.219. The van der Waals surface area contributed by atoms with Crippen molar-refractivity contribution in [2.24, 2.45) is 0 Å². The summed E-state index contributed by atoms with van der Waals surface area (Å²) in [7, 11) is 0. The molecule has 2 aliphatic heterocycles. The Kier molecular flexibility index (Phi) is 4.61. The summed E-state index contributed by atoms with van der Waals surface area (Å²) in [5, 5.41) is 2.88. The lowest BCUT2D eigenvalue weighted by atomic mass is 10.0. The number of fused-ring (bicyclic) bond motifs is 1. The minimum Gasteiger partial charge on any atom is -0.493 e. The molecule has 134 valence electrons. The van der Waals surface area contributed by atoms with Gasteiger partial charge in [0.15, 0.2) is 0 Å². The molecule has 0 bridgehead atoms. The molecule has 1 saturated heterocycles. The van der Waals surface area contributed by atoms with Crippen molar-refractivity contribution in [1.29, 1.82) is 0 Å². The summed E-state index contributed by atoms with van der Waals surface area (Å²) >= 11 is 0. The highest BCUT2D eigenvalue weighted by Crippen LogP contribution is 2.28. The molecular weight excluding hydrogens is 328 g/mol. The van der Waals surface area contributed by atoms with E-state index in [1.807, 2.05) is 47.4 Å². The molecule has 5 nitrogen and oxygen atoms in total. The molecule has 2 aromatic rings. The Morgan fingerprint density at radius 1 is 1.19 bits per heavy atom. The molecule has 0 saturated carbocycles. The van der Waals surface area contributed by atoms with Crippen LogP contribution in [0.25, 0.3) is 0 Å².